The van der Waals surface area contributed by atoms with E-state index in [0.717, 1.165) is 31.4 Å². The number of amides is 1. The van der Waals surface area contributed by atoms with E-state index in [1.165, 1.54) is 6.07 Å². The van der Waals surface area contributed by atoms with E-state index in [0.29, 0.717) is 13.2 Å². The van der Waals surface area contributed by atoms with E-state index in [9.17, 15) is 19.3 Å². The molecule has 1 aliphatic carbocycles. The number of carbonyl (C=O) groups is 1. The normalized spacial score (nSPS) is 15.5. The van der Waals surface area contributed by atoms with E-state index in [4.69, 9.17) is 4.74 Å². The zero-order valence-electron chi connectivity index (χ0n) is 11.7. The molecule has 1 aromatic carbocycles. The Morgan fingerprint density at radius 3 is 2.81 bits per heavy atom. The molecule has 1 saturated carbocycles. The van der Waals surface area contributed by atoms with Gasteiger partial charge in [-0.15, -0.1) is 0 Å². The second kappa shape index (κ2) is 6.17. The van der Waals surface area contributed by atoms with Crippen LogP contribution in [0.2, 0.25) is 0 Å². The van der Waals surface area contributed by atoms with E-state index in [1.807, 2.05) is 0 Å². The van der Waals surface area contributed by atoms with Crippen LogP contribution in [0.25, 0.3) is 0 Å². The van der Waals surface area contributed by atoms with Crippen LogP contribution in [0.3, 0.4) is 0 Å². The number of carbonyl (C=O) groups excluding carboxylic acids is 1. The first-order chi connectivity index (χ1) is 9.97. The molecular formula is C14H17FN2O4. The number of hydrogen-bond donors (Lipinski definition) is 1. The highest BCUT2D eigenvalue weighted by molar-refractivity contribution is 5.94. The maximum absolute atomic E-state index is 13.2. The van der Waals surface area contributed by atoms with Crippen molar-refractivity contribution in [3.63, 3.8) is 0 Å². The molecule has 7 heteroatoms. The van der Waals surface area contributed by atoms with Gasteiger partial charge in [0.2, 0.25) is 5.82 Å². The van der Waals surface area contributed by atoms with Crippen LogP contribution in [0.5, 0.6) is 0 Å². The summed E-state index contributed by atoms with van der Waals surface area (Å²) in [6.45, 7) is 1.14. The Kier molecular flexibility index (Phi) is 4.52. The van der Waals surface area contributed by atoms with E-state index < -0.39 is 22.3 Å². The molecule has 0 aromatic heterocycles. The Hall–Kier alpha value is -2.02. The van der Waals surface area contributed by atoms with Gasteiger partial charge in [-0.1, -0.05) is 0 Å². The topological polar surface area (TPSA) is 81.5 Å². The van der Waals surface area contributed by atoms with Crippen LogP contribution in [-0.2, 0) is 4.74 Å². The molecule has 21 heavy (non-hydrogen) atoms. The molecule has 2 rings (SSSR count). The first kappa shape index (κ1) is 15.4. The summed E-state index contributed by atoms with van der Waals surface area (Å²) in [5.74, 6) is -1.38. The van der Waals surface area contributed by atoms with E-state index >= 15 is 0 Å². The smallest absolute Gasteiger partial charge is 0.305 e. The molecular weight excluding hydrogens is 279 g/mol. The van der Waals surface area contributed by atoms with Gasteiger partial charge >= 0.3 is 5.69 Å². The van der Waals surface area contributed by atoms with Crippen molar-refractivity contribution in [2.45, 2.75) is 19.3 Å². The van der Waals surface area contributed by atoms with Crippen LogP contribution in [0, 0.1) is 21.3 Å². The summed E-state index contributed by atoms with van der Waals surface area (Å²) in [5.41, 5.74) is -0.522. The Labute approximate surface area is 121 Å². The minimum absolute atomic E-state index is 0.0810. The van der Waals surface area contributed by atoms with Gasteiger partial charge in [0.05, 0.1) is 4.92 Å². The minimum Gasteiger partial charge on any atom is -0.385 e. The lowest BCUT2D eigenvalue weighted by atomic mass is 10.0. The maximum atomic E-state index is 13.2. The number of methoxy groups -OCH3 is 1. The molecule has 1 aromatic rings. The van der Waals surface area contributed by atoms with Gasteiger partial charge in [0, 0.05) is 31.9 Å². The summed E-state index contributed by atoms with van der Waals surface area (Å²) in [7, 11) is 1.63. The van der Waals surface area contributed by atoms with Gasteiger partial charge in [-0.05, 0) is 36.8 Å². The van der Waals surface area contributed by atoms with E-state index in [2.05, 4.69) is 5.32 Å². The van der Waals surface area contributed by atoms with Crippen molar-refractivity contribution >= 4 is 11.6 Å². The van der Waals surface area contributed by atoms with Crippen molar-refractivity contribution in [1.82, 2.24) is 5.32 Å². The third-order valence-electron chi connectivity index (χ3n) is 3.82. The van der Waals surface area contributed by atoms with Crippen LogP contribution in [-0.4, -0.2) is 31.1 Å². The first-order valence-electron chi connectivity index (χ1n) is 6.68. The largest absolute Gasteiger partial charge is 0.385 e. The van der Waals surface area contributed by atoms with Gasteiger partial charge < -0.3 is 10.1 Å². The molecule has 1 amide bonds. The molecule has 0 heterocycles. The number of hydrogen-bond acceptors (Lipinski definition) is 4. The monoisotopic (exact) mass is 296 g/mol. The zero-order chi connectivity index (χ0) is 15.5. The van der Waals surface area contributed by atoms with E-state index in [-0.39, 0.29) is 11.0 Å². The van der Waals surface area contributed by atoms with Crippen LogP contribution < -0.4 is 5.32 Å². The fourth-order valence-corrected chi connectivity index (χ4v) is 2.17. The summed E-state index contributed by atoms with van der Waals surface area (Å²) < 4.78 is 18.3. The Morgan fingerprint density at radius 1 is 1.52 bits per heavy atom. The summed E-state index contributed by atoms with van der Waals surface area (Å²) in [6, 6.07) is 3.14. The highest BCUT2D eigenvalue weighted by atomic mass is 19.1. The summed E-state index contributed by atoms with van der Waals surface area (Å²) in [6.07, 6.45) is 2.92. The maximum Gasteiger partial charge on any atom is 0.305 e. The predicted molar refractivity (Wildman–Crippen MR) is 73.5 cm³/mol. The minimum atomic E-state index is -0.949. The predicted octanol–water partition coefficient (Wildman–Crippen LogP) is 2.28. The quantitative estimate of drug-likeness (QED) is 0.618. The first-order valence-corrected chi connectivity index (χ1v) is 6.68. The zero-order valence-corrected chi connectivity index (χ0v) is 11.7. The lowest BCUT2D eigenvalue weighted by Gasteiger charge is -2.15. The molecule has 6 nitrogen and oxygen atoms in total. The van der Waals surface area contributed by atoms with Crippen molar-refractivity contribution < 1.29 is 18.8 Å². The molecule has 0 unspecified atom stereocenters. The number of nitrogens with zero attached hydrogens (tertiary/aromatic N) is 1. The van der Waals surface area contributed by atoms with Crippen LogP contribution in [0.4, 0.5) is 10.1 Å². The fourth-order valence-electron chi connectivity index (χ4n) is 2.17. The number of benzene rings is 1. The van der Waals surface area contributed by atoms with Gasteiger partial charge in [-0.3, -0.25) is 14.9 Å². The molecule has 1 aliphatic rings. The highest BCUT2D eigenvalue weighted by Gasteiger charge is 2.42. The lowest BCUT2D eigenvalue weighted by molar-refractivity contribution is -0.387. The number of halogens is 1. The van der Waals surface area contributed by atoms with Gasteiger partial charge in [0.1, 0.15) is 0 Å². The summed E-state index contributed by atoms with van der Waals surface area (Å²) >= 11 is 0. The lowest BCUT2D eigenvalue weighted by Crippen LogP contribution is -2.30. The summed E-state index contributed by atoms with van der Waals surface area (Å²) in [5, 5.41) is 13.4. The molecule has 1 N–H and O–H groups in total. The van der Waals surface area contributed by atoms with Gasteiger partial charge in [0.15, 0.2) is 0 Å². The van der Waals surface area contributed by atoms with E-state index in [1.54, 1.807) is 7.11 Å². The van der Waals surface area contributed by atoms with Crippen molar-refractivity contribution in [3.8, 4) is 0 Å². The summed E-state index contributed by atoms with van der Waals surface area (Å²) in [4.78, 5) is 21.8. The number of nitrogens with one attached hydrogen (secondary N) is 1. The molecule has 0 saturated heterocycles. The van der Waals surface area contributed by atoms with Crippen LogP contribution >= 0.6 is 0 Å². The van der Waals surface area contributed by atoms with Crippen LogP contribution in [0.15, 0.2) is 18.2 Å². The Morgan fingerprint density at radius 2 is 2.24 bits per heavy atom. The second-order valence-electron chi connectivity index (χ2n) is 5.35. The fraction of sp³-hybridized carbons (Fsp3) is 0.500. The molecule has 0 atom stereocenters. The third-order valence-corrected chi connectivity index (χ3v) is 3.82. The van der Waals surface area contributed by atoms with Crippen molar-refractivity contribution in [1.29, 1.82) is 0 Å². The SMILES string of the molecule is COCCC1(CNC(=O)c2ccc(F)c([N+](=O)[O-])c2)CC1. The van der Waals surface area contributed by atoms with Crippen molar-refractivity contribution in [2.24, 2.45) is 5.41 Å². The Balaban J connectivity index is 1.98. The molecule has 0 aliphatic heterocycles. The standard InChI is InChI=1S/C14H17FN2O4/c1-21-7-6-14(4-5-14)9-16-13(18)10-2-3-11(15)12(8-10)17(19)20/h2-3,8H,4-7,9H2,1H3,(H,16,18). The van der Waals surface area contributed by atoms with Crippen molar-refractivity contribution in [3.05, 3.63) is 39.7 Å². The van der Waals surface area contributed by atoms with Gasteiger partial charge in [-0.2, -0.15) is 4.39 Å². The second-order valence-corrected chi connectivity index (χ2v) is 5.35. The third kappa shape index (κ3) is 3.75. The highest BCUT2D eigenvalue weighted by Crippen LogP contribution is 2.48. The molecule has 0 spiro atoms. The molecule has 114 valence electrons. The number of nitro benzene ring substituents is 1. The average Bonchev–Trinajstić information content (AvgIpc) is 3.23. The Bertz CT molecular complexity index is 558. The molecule has 1 fully saturated rings. The average molecular weight is 296 g/mol. The van der Waals surface area contributed by atoms with Gasteiger partial charge in [-0.25, -0.2) is 0 Å². The number of rotatable bonds is 7. The number of ether oxygens (including phenoxy) is 1. The van der Waals surface area contributed by atoms with Crippen molar-refractivity contribution in [2.75, 3.05) is 20.3 Å². The molecule has 0 bridgehead atoms. The number of nitro groups is 1. The van der Waals surface area contributed by atoms with Crippen LogP contribution in [0.1, 0.15) is 29.6 Å². The molecule has 0 radical (unpaired) electrons. The van der Waals surface area contributed by atoms with Gasteiger partial charge in [0.25, 0.3) is 5.91 Å².